The summed E-state index contributed by atoms with van der Waals surface area (Å²) in [5, 5.41) is 0. The van der Waals surface area contributed by atoms with Crippen molar-refractivity contribution < 1.29 is 0 Å². The summed E-state index contributed by atoms with van der Waals surface area (Å²) < 4.78 is 2.58. The third-order valence-corrected chi connectivity index (χ3v) is 5.45. The largest absolute Gasteiger partial charge is 0.348 e. The Morgan fingerprint density at radius 2 is 2.17 bits per heavy atom. The topological polar surface area (TPSA) is 30.9 Å². The van der Waals surface area contributed by atoms with E-state index in [1.165, 1.54) is 37.7 Å². The van der Waals surface area contributed by atoms with E-state index in [-0.39, 0.29) is 6.04 Å². The molecule has 0 aromatic carbocycles. The van der Waals surface area contributed by atoms with E-state index in [9.17, 15) is 0 Å². The molecule has 0 saturated heterocycles. The smallest absolute Gasteiger partial charge is 0.0361 e. The van der Waals surface area contributed by atoms with E-state index >= 15 is 0 Å². The summed E-state index contributed by atoms with van der Waals surface area (Å²) in [5.41, 5.74) is 9.20. The Morgan fingerprint density at radius 1 is 1.33 bits per heavy atom. The molecule has 1 aromatic heterocycles. The Bertz CT molecular complexity index is 421. The van der Waals surface area contributed by atoms with Crippen LogP contribution in [0.3, 0.4) is 0 Å². The molecule has 1 fully saturated rings. The molecule has 1 heterocycles. The van der Waals surface area contributed by atoms with Crippen LogP contribution in [0.25, 0.3) is 0 Å². The summed E-state index contributed by atoms with van der Waals surface area (Å²) in [5.74, 6) is 1.75. The fourth-order valence-corrected chi connectivity index (χ4v) is 4.26. The van der Waals surface area contributed by atoms with Crippen LogP contribution in [-0.4, -0.2) is 4.57 Å². The van der Waals surface area contributed by atoms with Gasteiger partial charge in [0.15, 0.2) is 0 Å². The maximum absolute atomic E-state index is 6.23. The van der Waals surface area contributed by atoms with Gasteiger partial charge < -0.3 is 10.3 Å². The van der Waals surface area contributed by atoms with Gasteiger partial charge in [0.2, 0.25) is 0 Å². The summed E-state index contributed by atoms with van der Waals surface area (Å²) in [7, 11) is 0. The van der Waals surface area contributed by atoms with Crippen molar-refractivity contribution in [1.29, 1.82) is 0 Å². The van der Waals surface area contributed by atoms with Gasteiger partial charge in [-0.15, -0.1) is 0 Å². The number of hydrogen-bond acceptors (Lipinski definition) is 1. The van der Waals surface area contributed by atoms with Gasteiger partial charge in [-0.1, -0.05) is 20.3 Å². The van der Waals surface area contributed by atoms with Gasteiger partial charge in [0.05, 0.1) is 0 Å². The quantitative estimate of drug-likeness (QED) is 0.845. The van der Waals surface area contributed by atoms with E-state index in [4.69, 9.17) is 5.73 Å². The fraction of sp³-hybridized carbons (Fsp3) is 0.750. The van der Waals surface area contributed by atoms with Crippen LogP contribution < -0.4 is 5.73 Å². The predicted octanol–water partition coefficient (Wildman–Crippen LogP) is 3.82. The average molecular weight is 246 g/mol. The highest BCUT2D eigenvalue weighted by molar-refractivity contribution is 5.29. The highest BCUT2D eigenvalue weighted by Crippen LogP contribution is 2.44. The Morgan fingerprint density at radius 3 is 2.89 bits per heavy atom. The Balaban J connectivity index is 1.90. The first-order valence-corrected chi connectivity index (χ1v) is 7.67. The van der Waals surface area contributed by atoms with Crippen LogP contribution in [0.2, 0.25) is 0 Å². The van der Waals surface area contributed by atoms with Crippen LogP contribution in [0.5, 0.6) is 0 Å². The molecule has 1 saturated carbocycles. The molecule has 2 aliphatic rings. The molecule has 2 nitrogen and oxygen atoms in total. The van der Waals surface area contributed by atoms with Crippen LogP contribution in [-0.2, 0) is 6.42 Å². The zero-order chi connectivity index (χ0) is 12.7. The number of nitrogens with zero attached hydrogens (tertiary/aromatic N) is 1. The summed E-state index contributed by atoms with van der Waals surface area (Å²) in [6.45, 7) is 4.78. The van der Waals surface area contributed by atoms with Gasteiger partial charge in [-0.3, -0.25) is 0 Å². The lowest BCUT2D eigenvalue weighted by atomic mass is 9.91. The normalized spacial score (nSPS) is 35.7. The first-order valence-electron chi connectivity index (χ1n) is 7.67. The third-order valence-electron chi connectivity index (χ3n) is 5.45. The molecule has 0 bridgehead atoms. The Labute approximate surface area is 111 Å². The minimum absolute atomic E-state index is 0.286. The van der Waals surface area contributed by atoms with Crippen molar-refractivity contribution in [1.82, 2.24) is 4.57 Å². The monoisotopic (exact) mass is 246 g/mol. The molecule has 2 aliphatic carbocycles. The first-order chi connectivity index (χ1) is 8.72. The lowest BCUT2D eigenvalue weighted by Crippen LogP contribution is -2.21. The van der Waals surface area contributed by atoms with Crippen molar-refractivity contribution in [2.24, 2.45) is 17.6 Å². The van der Waals surface area contributed by atoms with Crippen LogP contribution >= 0.6 is 0 Å². The maximum Gasteiger partial charge on any atom is 0.0361 e. The number of nitrogens with two attached hydrogens (primary N) is 1. The number of fused-ring (bicyclic) bond motifs is 1. The Kier molecular flexibility index (Phi) is 3.23. The molecule has 2 heteroatoms. The SMILES string of the molecule is CCC1CCC(n2ccc3c2CCCC3N)C1C. The lowest BCUT2D eigenvalue weighted by molar-refractivity contribution is 0.322. The van der Waals surface area contributed by atoms with E-state index in [1.54, 1.807) is 5.69 Å². The van der Waals surface area contributed by atoms with E-state index in [0.717, 1.165) is 24.3 Å². The zero-order valence-corrected chi connectivity index (χ0v) is 11.7. The molecule has 100 valence electrons. The second kappa shape index (κ2) is 4.73. The molecule has 4 unspecified atom stereocenters. The zero-order valence-electron chi connectivity index (χ0n) is 11.7. The van der Waals surface area contributed by atoms with Gasteiger partial charge in [-0.05, 0) is 55.6 Å². The second-order valence-electron chi connectivity index (χ2n) is 6.30. The van der Waals surface area contributed by atoms with Crippen molar-refractivity contribution in [3.05, 3.63) is 23.5 Å². The predicted molar refractivity (Wildman–Crippen MR) is 75.5 cm³/mol. The second-order valence-corrected chi connectivity index (χ2v) is 6.30. The molecule has 0 radical (unpaired) electrons. The molecule has 18 heavy (non-hydrogen) atoms. The van der Waals surface area contributed by atoms with Crippen molar-refractivity contribution in [3.8, 4) is 0 Å². The van der Waals surface area contributed by atoms with E-state index in [1.807, 2.05) is 0 Å². The average Bonchev–Trinajstić information content (AvgIpc) is 2.93. The van der Waals surface area contributed by atoms with Crippen LogP contribution in [0.1, 0.15) is 69.3 Å². The highest BCUT2D eigenvalue weighted by Gasteiger charge is 2.34. The van der Waals surface area contributed by atoms with Crippen molar-refractivity contribution in [2.45, 2.75) is 64.5 Å². The molecular weight excluding hydrogens is 220 g/mol. The van der Waals surface area contributed by atoms with E-state index < -0.39 is 0 Å². The van der Waals surface area contributed by atoms with E-state index in [0.29, 0.717) is 0 Å². The van der Waals surface area contributed by atoms with Crippen LogP contribution in [0.4, 0.5) is 0 Å². The third kappa shape index (κ3) is 1.82. The number of hydrogen-bond donors (Lipinski definition) is 1. The van der Waals surface area contributed by atoms with Gasteiger partial charge in [-0.2, -0.15) is 0 Å². The van der Waals surface area contributed by atoms with Crippen molar-refractivity contribution in [2.75, 3.05) is 0 Å². The molecule has 0 aliphatic heterocycles. The summed E-state index contributed by atoms with van der Waals surface area (Å²) in [4.78, 5) is 0. The molecular formula is C16H26N2. The maximum atomic E-state index is 6.23. The lowest BCUT2D eigenvalue weighted by Gasteiger charge is -2.27. The molecule has 2 N–H and O–H groups in total. The standard InChI is InChI=1S/C16H26N2/c1-3-12-7-8-15(11(12)2)18-10-9-13-14(17)5-4-6-16(13)18/h9-12,14-15H,3-8,17H2,1-2H3. The van der Waals surface area contributed by atoms with Crippen molar-refractivity contribution >= 4 is 0 Å². The molecule has 1 aromatic rings. The Hall–Kier alpha value is -0.760. The van der Waals surface area contributed by atoms with Gasteiger partial charge in [-0.25, -0.2) is 0 Å². The molecule has 0 amide bonds. The summed E-state index contributed by atoms with van der Waals surface area (Å²) >= 11 is 0. The summed E-state index contributed by atoms with van der Waals surface area (Å²) in [6, 6.07) is 3.29. The van der Waals surface area contributed by atoms with E-state index in [2.05, 4.69) is 30.7 Å². The van der Waals surface area contributed by atoms with Crippen LogP contribution in [0.15, 0.2) is 12.3 Å². The minimum atomic E-state index is 0.286. The minimum Gasteiger partial charge on any atom is -0.348 e. The molecule has 4 atom stereocenters. The number of rotatable bonds is 2. The first kappa shape index (κ1) is 12.3. The fourth-order valence-electron chi connectivity index (χ4n) is 4.26. The molecule has 3 rings (SSSR count). The van der Waals surface area contributed by atoms with Crippen molar-refractivity contribution in [3.63, 3.8) is 0 Å². The highest BCUT2D eigenvalue weighted by atomic mass is 15.0. The number of aromatic nitrogens is 1. The van der Waals surface area contributed by atoms with Crippen LogP contribution in [0, 0.1) is 11.8 Å². The van der Waals surface area contributed by atoms with Gasteiger partial charge in [0, 0.05) is 24.0 Å². The van der Waals surface area contributed by atoms with Gasteiger partial charge in [0.25, 0.3) is 0 Å². The van der Waals surface area contributed by atoms with Gasteiger partial charge >= 0.3 is 0 Å². The summed E-state index contributed by atoms with van der Waals surface area (Å²) in [6.07, 6.45) is 10.1. The van der Waals surface area contributed by atoms with Gasteiger partial charge in [0.1, 0.15) is 0 Å². The molecule has 0 spiro atoms.